The van der Waals surface area contributed by atoms with E-state index < -0.39 is 12.2 Å². The Kier molecular flexibility index (Phi) is 4.35. The average molecular weight is 241 g/mol. The van der Waals surface area contributed by atoms with Crippen LogP contribution in [0.1, 0.15) is 28.9 Å². The van der Waals surface area contributed by atoms with Crippen LogP contribution in [-0.4, -0.2) is 27.9 Å². The van der Waals surface area contributed by atoms with E-state index in [-0.39, 0.29) is 11.5 Å². The molecule has 5 heteroatoms. The van der Waals surface area contributed by atoms with Crippen LogP contribution in [0.3, 0.4) is 0 Å². The van der Waals surface area contributed by atoms with Gasteiger partial charge < -0.3 is 15.9 Å². The van der Waals surface area contributed by atoms with Gasteiger partial charge in [-0.3, -0.25) is 4.79 Å². The molecule has 0 fully saturated rings. The SMILES string of the molecule is CC(=O)c1ccc(C(O)C(O)CS)c(N)c1. The van der Waals surface area contributed by atoms with Crippen molar-refractivity contribution in [2.75, 3.05) is 11.5 Å². The second-order valence-electron chi connectivity index (χ2n) is 3.59. The Bertz CT molecular complexity index is 395. The predicted molar refractivity (Wildman–Crippen MR) is 65.7 cm³/mol. The molecule has 1 rings (SSSR count). The van der Waals surface area contributed by atoms with Crippen LogP contribution in [0.5, 0.6) is 0 Å². The van der Waals surface area contributed by atoms with Crippen LogP contribution in [0.25, 0.3) is 0 Å². The number of aliphatic hydroxyl groups excluding tert-OH is 2. The fourth-order valence-corrected chi connectivity index (χ4v) is 1.57. The molecule has 0 amide bonds. The molecule has 88 valence electrons. The number of rotatable bonds is 4. The average Bonchev–Trinajstić information content (AvgIpc) is 2.26. The molecule has 0 saturated heterocycles. The summed E-state index contributed by atoms with van der Waals surface area (Å²) in [6.07, 6.45) is -2.06. The van der Waals surface area contributed by atoms with Crippen LogP contribution >= 0.6 is 12.6 Å². The summed E-state index contributed by atoms with van der Waals surface area (Å²) in [7, 11) is 0. The largest absolute Gasteiger partial charge is 0.398 e. The molecule has 0 saturated carbocycles. The van der Waals surface area contributed by atoms with Crippen molar-refractivity contribution in [2.45, 2.75) is 19.1 Å². The number of anilines is 1. The van der Waals surface area contributed by atoms with Gasteiger partial charge in [0.1, 0.15) is 6.10 Å². The molecular formula is C11H15NO3S. The van der Waals surface area contributed by atoms with Crippen molar-refractivity contribution < 1.29 is 15.0 Å². The van der Waals surface area contributed by atoms with Gasteiger partial charge in [-0.05, 0) is 13.0 Å². The van der Waals surface area contributed by atoms with Gasteiger partial charge in [-0.2, -0.15) is 12.6 Å². The fourth-order valence-electron chi connectivity index (χ4n) is 1.37. The first-order valence-corrected chi connectivity index (χ1v) is 5.48. The van der Waals surface area contributed by atoms with E-state index in [1.165, 1.54) is 13.0 Å². The number of nitrogens with two attached hydrogens (primary N) is 1. The van der Waals surface area contributed by atoms with E-state index in [0.717, 1.165) is 0 Å². The van der Waals surface area contributed by atoms with Crippen LogP contribution < -0.4 is 5.73 Å². The fraction of sp³-hybridized carbons (Fsp3) is 0.364. The third-order valence-corrected chi connectivity index (χ3v) is 2.74. The van der Waals surface area contributed by atoms with Gasteiger partial charge in [0.25, 0.3) is 0 Å². The molecule has 16 heavy (non-hydrogen) atoms. The summed E-state index contributed by atoms with van der Waals surface area (Å²) in [6.45, 7) is 1.44. The van der Waals surface area contributed by atoms with E-state index in [1.54, 1.807) is 12.1 Å². The van der Waals surface area contributed by atoms with Crippen molar-refractivity contribution in [3.8, 4) is 0 Å². The highest BCUT2D eigenvalue weighted by Crippen LogP contribution is 2.24. The van der Waals surface area contributed by atoms with Gasteiger partial charge in [0, 0.05) is 22.6 Å². The molecule has 4 N–H and O–H groups in total. The van der Waals surface area contributed by atoms with Gasteiger partial charge in [-0.25, -0.2) is 0 Å². The Labute approximate surface area is 99.5 Å². The molecule has 0 radical (unpaired) electrons. The maximum atomic E-state index is 11.1. The lowest BCUT2D eigenvalue weighted by Crippen LogP contribution is -2.21. The number of hydrogen-bond donors (Lipinski definition) is 4. The summed E-state index contributed by atoms with van der Waals surface area (Å²) >= 11 is 3.89. The quantitative estimate of drug-likeness (QED) is 0.357. The Morgan fingerprint density at radius 3 is 2.56 bits per heavy atom. The zero-order chi connectivity index (χ0) is 12.3. The molecule has 0 aliphatic rings. The number of carbonyl (C=O) groups is 1. The first kappa shape index (κ1) is 13.0. The summed E-state index contributed by atoms with van der Waals surface area (Å²) in [5.74, 6) is 0.0391. The van der Waals surface area contributed by atoms with Gasteiger partial charge in [0.2, 0.25) is 0 Å². The smallest absolute Gasteiger partial charge is 0.159 e. The Balaban J connectivity index is 3.03. The molecule has 0 aromatic heterocycles. The second-order valence-corrected chi connectivity index (χ2v) is 3.96. The number of nitrogen functional groups attached to an aromatic ring is 1. The highest BCUT2D eigenvalue weighted by Gasteiger charge is 2.19. The van der Waals surface area contributed by atoms with Crippen LogP contribution in [-0.2, 0) is 0 Å². The van der Waals surface area contributed by atoms with Crippen molar-refractivity contribution in [2.24, 2.45) is 0 Å². The molecule has 0 heterocycles. The number of aliphatic hydroxyl groups is 2. The summed E-state index contributed by atoms with van der Waals surface area (Å²) in [5, 5.41) is 19.2. The van der Waals surface area contributed by atoms with Crippen LogP contribution in [0.15, 0.2) is 18.2 Å². The number of ketones is 1. The normalized spacial score (nSPS) is 14.5. The molecule has 2 atom stereocenters. The van der Waals surface area contributed by atoms with Gasteiger partial charge >= 0.3 is 0 Å². The maximum absolute atomic E-state index is 11.1. The van der Waals surface area contributed by atoms with E-state index in [1.807, 2.05) is 0 Å². The maximum Gasteiger partial charge on any atom is 0.159 e. The Hall–Kier alpha value is -1.04. The lowest BCUT2D eigenvalue weighted by atomic mass is 10.00. The minimum Gasteiger partial charge on any atom is -0.398 e. The number of thiol groups is 1. The summed E-state index contributed by atoms with van der Waals surface area (Å²) < 4.78 is 0. The Morgan fingerprint density at radius 2 is 2.12 bits per heavy atom. The number of carbonyl (C=O) groups excluding carboxylic acids is 1. The molecule has 4 nitrogen and oxygen atoms in total. The van der Waals surface area contributed by atoms with Crippen molar-refractivity contribution in [3.63, 3.8) is 0 Å². The first-order valence-electron chi connectivity index (χ1n) is 4.84. The van der Waals surface area contributed by atoms with Crippen LogP contribution in [0.4, 0.5) is 5.69 Å². The third kappa shape index (κ3) is 2.75. The summed E-state index contributed by atoms with van der Waals surface area (Å²) in [4.78, 5) is 11.1. The molecule has 0 aliphatic heterocycles. The van der Waals surface area contributed by atoms with Crippen molar-refractivity contribution in [1.82, 2.24) is 0 Å². The van der Waals surface area contributed by atoms with E-state index in [4.69, 9.17) is 5.73 Å². The van der Waals surface area contributed by atoms with Gasteiger partial charge in [0.15, 0.2) is 5.78 Å². The zero-order valence-electron chi connectivity index (χ0n) is 8.92. The predicted octanol–water partition coefficient (Wildman–Crippen LogP) is 0.796. The third-order valence-electron chi connectivity index (χ3n) is 2.36. The zero-order valence-corrected chi connectivity index (χ0v) is 9.82. The number of Topliss-reactive ketones (excluding diaryl/α,β-unsaturated/α-hetero) is 1. The molecule has 0 aliphatic carbocycles. The highest BCUT2D eigenvalue weighted by atomic mass is 32.1. The summed E-state index contributed by atoms with van der Waals surface area (Å²) in [5.41, 5.74) is 6.89. The molecule has 1 aromatic carbocycles. The van der Waals surface area contributed by atoms with Crippen molar-refractivity contribution in [3.05, 3.63) is 29.3 Å². The van der Waals surface area contributed by atoms with Gasteiger partial charge in [-0.1, -0.05) is 12.1 Å². The number of hydrogen-bond acceptors (Lipinski definition) is 5. The first-order chi connectivity index (χ1) is 7.47. The summed E-state index contributed by atoms with van der Waals surface area (Å²) in [6, 6.07) is 4.61. The minimum absolute atomic E-state index is 0.0949. The van der Waals surface area contributed by atoms with E-state index in [9.17, 15) is 15.0 Å². The lowest BCUT2D eigenvalue weighted by molar-refractivity contribution is 0.0342. The van der Waals surface area contributed by atoms with Crippen LogP contribution in [0, 0.1) is 0 Å². The molecule has 2 unspecified atom stereocenters. The van der Waals surface area contributed by atoms with Gasteiger partial charge in [-0.15, -0.1) is 0 Å². The minimum atomic E-state index is -1.08. The van der Waals surface area contributed by atoms with E-state index in [0.29, 0.717) is 16.8 Å². The molecule has 0 spiro atoms. The van der Waals surface area contributed by atoms with E-state index >= 15 is 0 Å². The molecular weight excluding hydrogens is 226 g/mol. The second kappa shape index (κ2) is 5.34. The molecule has 0 bridgehead atoms. The standard InChI is InChI=1S/C11H15NO3S/c1-6(13)7-2-3-8(9(12)4-7)11(15)10(14)5-16/h2-4,10-11,14-16H,5,12H2,1H3. The topological polar surface area (TPSA) is 83.5 Å². The van der Waals surface area contributed by atoms with Crippen molar-refractivity contribution >= 4 is 24.1 Å². The van der Waals surface area contributed by atoms with Crippen LogP contribution in [0.2, 0.25) is 0 Å². The van der Waals surface area contributed by atoms with Gasteiger partial charge in [0.05, 0.1) is 6.10 Å². The monoisotopic (exact) mass is 241 g/mol. The lowest BCUT2D eigenvalue weighted by Gasteiger charge is -2.18. The Morgan fingerprint density at radius 1 is 1.50 bits per heavy atom. The number of benzene rings is 1. The van der Waals surface area contributed by atoms with E-state index in [2.05, 4.69) is 12.6 Å². The van der Waals surface area contributed by atoms with Crippen molar-refractivity contribution in [1.29, 1.82) is 0 Å². The molecule has 1 aromatic rings. The highest BCUT2D eigenvalue weighted by molar-refractivity contribution is 7.80.